The van der Waals surface area contributed by atoms with Gasteiger partial charge in [0.25, 0.3) is 0 Å². The number of hydrogen-bond donors (Lipinski definition) is 1. The zero-order chi connectivity index (χ0) is 18.8. The van der Waals surface area contributed by atoms with Gasteiger partial charge in [0.1, 0.15) is 0 Å². The van der Waals surface area contributed by atoms with Crippen molar-refractivity contribution in [3.8, 4) is 11.5 Å². The quantitative estimate of drug-likeness (QED) is 0.772. The summed E-state index contributed by atoms with van der Waals surface area (Å²) >= 11 is 0. The minimum Gasteiger partial charge on any atom is -0.493 e. The molecular weight excluding hydrogens is 344 g/mol. The number of nitrogens with one attached hydrogen (secondary N) is 1. The van der Waals surface area contributed by atoms with Crippen LogP contribution in [0.15, 0.2) is 42.6 Å². The lowest BCUT2D eigenvalue weighted by atomic mass is 10.0. The second-order valence-corrected chi connectivity index (χ2v) is 6.29. The molecule has 138 valence electrons. The van der Waals surface area contributed by atoms with Crippen LogP contribution in [0.2, 0.25) is 0 Å². The van der Waals surface area contributed by atoms with E-state index in [4.69, 9.17) is 9.47 Å². The maximum absolute atomic E-state index is 12.8. The number of aromatic nitrogens is 2. The van der Waals surface area contributed by atoms with Crippen LogP contribution in [-0.2, 0) is 13.0 Å². The molecule has 1 aromatic carbocycles. The molecule has 7 nitrogen and oxygen atoms in total. The maximum atomic E-state index is 12.8. The van der Waals surface area contributed by atoms with Gasteiger partial charge in [-0.25, -0.2) is 14.8 Å². The molecule has 0 saturated carbocycles. The molecule has 1 aliphatic heterocycles. The first kappa shape index (κ1) is 17.1. The summed E-state index contributed by atoms with van der Waals surface area (Å²) in [6.07, 6.45) is 2.44. The number of para-hydroxylation sites is 1. The van der Waals surface area contributed by atoms with Crippen molar-refractivity contribution < 1.29 is 14.3 Å². The minimum atomic E-state index is -0.182. The van der Waals surface area contributed by atoms with Crippen LogP contribution >= 0.6 is 0 Å². The summed E-state index contributed by atoms with van der Waals surface area (Å²) in [5.74, 6) is 1.08. The van der Waals surface area contributed by atoms with Gasteiger partial charge in [-0.1, -0.05) is 6.07 Å². The summed E-state index contributed by atoms with van der Waals surface area (Å²) in [4.78, 5) is 23.5. The number of pyridine rings is 2. The van der Waals surface area contributed by atoms with Crippen molar-refractivity contribution in [1.82, 2.24) is 14.9 Å². The molecule has 3 heterocycles. The van der Waals surface area contributed by atoms with Gasteiger partial charge in [-0.3, -0.25) is 0 Å². The van der Waals surface area contributed by atoms with Gasteiger partial charge in [-0.15, -0.1) is 0 Å². The Labute approximate surface area is 156 Å². The van der Waals surface area contributed by atoms with E-state index in [1.165, 1.54) is 0 Å². The first-order chi connectivity index (χ1) is 13.2. The number of benzene rings is 1. The van der Waals surface area contributed by atoms with Crippen molar-refractivity contribution in [2.24, 2.45) is 0 Å². The molecule has 0 bridgehead atoms. The fourth-order valence-electron chi connectivity index (χ4n) is 3.32. The smallest absolute Gasteiger partial charge is 0.322 e. The summed E-state index contributed by atoms with van der Waals surface area (Å²) in [7, 11) is 3.12. The van der Waals surface area contributed by atoms with Crippen LogP contribution in [0.25, 0.3) is 11.0 Å². The number of urea groups is 1. The number of nitrogens with zero attached hydrogens (tertiary/aromatic N) is 3. The SMILES string of the molecule is COc1cccc(NC(=O)N2CCc3nc4ncccc4cc3C2)c1OC. The van der Waals surface area contributed by atoms with Gasteiger partial charge in [0.15, 0.2) is 17.1 Å². The molecule has 27 heavy (non-hydrogen) atoms. The second kappa shape index (κ2) is 7.11. The fourth-order valence-corrected chi connectivity index (χ4v) is 3.32. The van der Waals surface area contributed by atoms with Crippen LogP contribution in [0.4, 0.5) is 10.5 Å². The van der Waals surface area contributed by atoms with E-state index in [1.807, 2.05) is 18.2 Å². The largest absolute Gasteiger partial charge is 0.493 e. The summed E-state index contributed by atoms with van der Waals surface area (Å²) in [5, 5.41) is 3.90. The average Bonchev–Trinajstić information content (AvgIpc) is 2.71. The Balaban J connectivity index is 1.55. The number of amides is 2. The van der Waals surface area contributed by atoms with E-state index in [1.54, 1.807) is 37.4 Å². The number of carbonyl (C=O) groups is 1. The molecular formula is C20H20N4O3. The third-order valence-corrected chi connectivity index (χ3v) is 4.67. The number of hydrogen-bond acceptors (Lipinski definition) is 5. The molecule has 0 aliphatic carbocycles. The Bertz CT molecular complexity index is 1010. The first-order valence-electron chi connectivity index (χ1n) is 8.70. The summed E-state index contributed by atoms with van der Waals surface area (Å²) in [6.45, 7) is 1.10. The number of fused-ring (bicyclic) bond motifs is 2. The van der Waals surface area contributed by atoms with Crippen molar-refractivity contribution in [1.29, 1.82) is 0 Å². The van der Waals surface area contributed by atoms with Gasteiger partial charge in [0.05, 0.1) is 19.9 Å². The topological polar surface area (TPSA) is 76.6 Å². The Morgan fingerprint density at radius 3 is 2.89 bits per heavy atom. The highest BCUT2D eigenvalue weighted by atomic mass is 16.5. The van der Waals surface area contributed by atoms with Crippen LogP contribution in [0.5, 0.6) is 11.5 Å². The molecule has 3 aromatic rings. The lowest BCUT2D eigenvalue weighted by Crippen LogP contribution is -2.39. The molecule has 0 fully saturated rings. The van der Waals surface area contributed by atoms with Crippen molar-refractivity contribution in [2.45, 2.75) is 13.0 Å². The van der Waals surface area contributed by atoms with Gasteiger partial charge in [-0.05, 0) is 35.9 Å². The van der Waals surface area contributed by atoms with Crippen LogP contribution in [-0.4, -0.2) is 41.7 Å². The van der Waals surface area contributed by atoms with Crippen molar-refractivity contribution in [3.63, 3.8) is 0 Å². The monoisotopic (exact) mass is 364 g/mol. The average molecular weight is 364 g/mol. The highest BCUT2D eigenvalue weighted by molar-refractivity contribution is 5.92. The molecule has 7 heteroatoms. The van der Waals surface area contributed by atoms with Crippen LogP contribution in [0, 0.1) is 0 Å². The third kappa shape index (κ3) is 3.23. The Kier molecular flexibility index (Phi) is 4.50. The minimum absolute atomic E-state index is 0.182. The molecule has 0 saturated heterocycles. The standard InChI is InChI=1S/C20H20N4O3/c1-26-17-7-3-6-16(18(17)27-2)23-20(25)24-10-8-15-14(12-24)11-13-5-4-9-21-19(13)22-15/h3-7,9,11H,8,10,12H2,1-2H3,(H,23,25). The normalized spacial score (nSPS) is 13.2. The Hall–Kier alpha value is -3.35. The van der Waals surface area contributed by atoms with E-state index in [0.717, 1.165) is 22.3 Å². The zero-order valence-corrected chi connectivity index (χ0v) is 15.2. The van der Waals surface area contributed by atoms with Crippen LogP contribution < -0.4 is 14.8 Å². The zero-order valence-electron chi connectivity index (χ0n) is 15.2. The van der Waals surface area contributed by atoms with Crippen molar-refractivity contribution >= 4 is 22.8 Å². The predicted octanol–water partition coefficient (Wildman–Crippen LogP) is 3.24. The van der Waals surface area contributed by atoms with E-state index < -0.39 is 0 Å². The third-order valence-electron chi connectivity index (χ3n) is 4.67. The fraction of sp³-hybridized carbons (Fsp3) is 0.250. The number of rotatable bonds is 3. The molecule has 1 aliphatic rings. The van der Waals surface area contributed by atoms with Crippen molar-refractivity contribution in [2.75, 3.05) is 26.1 Å². The van der Waals surface area contributed by atoms with E-state index in [9.17, 15) is 4.79 Å². The van der Waals surface area contributed by atoms with E-state index in [-0.39, 0.29) is 6.03 Å². The van der Waals surface area contributed by atoms with Crippen molar-refractivity contribution in [3.05, 3.63) is 53.9 Å². The Morgan fingerprint density at radius 1 is 1.19 bits per heavy atom. The van der Waals surface area contributed by atoms with Crippen LogP contribution in [0.1, 0.15) is 11.3 Å². The van der Waals surface area contributed by atoms with E-state index >= 15 is 0 Å². The van der Waals surface area contributed by atoms with Gasteiger partial charge in [-0.2, -0.15) is 0 Å². The summed E-state index contributed by atoms with van der Waals surface area (Å²) < 4.78 is 10.7. The van der Waals surface area contributed by atoms with Gasteiger partial charge in [0, 0.05) is 36.8 Å². The number of anilines is 1. The first-order valence-corrected chi connectivity index (χ1v) is 8.70. The molecule has 1 N–H and O–H groups in total. The lowest BCUT2D eigenvalue weighted by molar-refractivity contribution is 0.206. The number of methoxy groups -OCH3 is 2. The molecule has 0 unspecified atom stereocenters. The predicted molar refractivity (Wildman–Crippen MR) is 102 cm³/mol. The highest BCUT2D eigenvalue weighted by Crippen LogP contribution is 2.35. The molecule has 4 rings (SSSR count). The summed E-state index contributed by atoms with van der Waals surface area (Å²) in [5.41, 5.74) is 3.38. The maximum Gasteiger partial charge on any atom is 0.322 e. The Morgan fingerprint density at radius 2 is 2.07 bits per heavy atom. The molecule has 0 spiro atoms. The molecule has 0 radical (unpaired) electrons. The molecule has 2 aromatic heterocycles. The number of carbonyl (C=O) groups excluding carboxylic acids is 1. The van der Waals surface area contributed by atoms with Crippen LogP contribution in [0.3, 0.4) is 0 Å². The van der Waals surface area contributed by atoms with E-state index in [2.05, 4.69) is 21.4 Å². The van der Waals surface area contributed by atoms with Gasteiger partial charge >= 0.3 is 6.03 Å². The van der Waals surface area contributed by atoms with E-state index in [0.29, 0.717) is 36.7 Å². The molecule has 0 atom stereocenters. The summed E-state index contributed by atoms with van der Waals surface area (Å²) in [6, 6.07) is 11.1. The van der Waals surface area contributed by atoms with Gasteiger partial charge in [0.2, 0.25) is 0 Å². The van der Waals surface area contributed by atoms with Gasteiger partial charge < -0.3 is 19.7 Å². The second-order valence-electron chi connectivity index (χ2n) is 6.29. The lowest BCUT2D eigenvalue weighted by Gasteiger charge is -2.29. The molecule has 2 amide bonds. The highest BCUT2D eigenvalue weighted by Gasteiger charge is 2.23. The number of ether oxygens (including phenoxy) is 2.